The van der Waals surface area contributed by atoms with E-state index in [1.54, 1.807) is 13.2 Å². The third kappa shape index (κ3) is 6.68. The van der Waals surface area contributed by atoms with Crippen LogP contribution in [0.5, 0.6) is 11.5 Å². The van der Waals surface area contributed by atoms with Crippen molar-refractivity contribution in [3.05, 3.63) is 30.0 Å². The number of hydrogen-bond donors (Lipinski definition) is 1. The molecule has 1 saturated carbocycles. The van der Waals surface area contributed by atoms with Gasteiger partial charge in [0.25, 0.3) is 5.91 Å². The summed E-state index contributed by atoms with van der Waals surface area (Å²) in [4.78, 5) is 20.7. The van der Waals surface area contributed by atoms with Crippen LogP contribution in [0.15, 0.2) is 24.3 Å². The molecule has 0 unspecified atom stereocenters. The van der Waals surface area contributed by atoms with Gasteiger partial charge in [-0.25, -0.2) is 4.98 Å². The third-order valence-electron chi connectivity index (χ3n) is 7.47. The molecule has 0 spiro atoms. The van der Waals surface area contributed by atoms with Crippen LogP contribution in [-0.2, 0) is 4.74 Å². The summed E-state index contributed by atoms with van der Waals surface area (Å²) in [5, 5.41) is 4.29. The molecule has 1 amide bonds. The predicted molar refractivity (Wildman–Crippen MR) is 143 cm³/mol. The van der Waals surface area contributed by atoms with Gasteiger partial charge in [-0.15, -0.1) is 0 Å². The molecule has 1 saturated heterocycles. The van der Waals surface area contributed by atoms with E-state index in [1.165, 1.54) is 32.1 Å². The summed E-state index contributed by atoms with van der Waals surface area (Å²) in [6, 6.07) is 7.91. The molecule has 1 N–H and O–H groups in total. The fourth-order valence-corrected chi connectivity index (χ4v) is 5.65. The number of carbonyl (C=O) groups excluding carboxylic acids is 1. The molecule has 2 heterocycles. The summed E-state index contributed by atoms with van der Waals surface area (Å²) in [7, 11) is 1.65. The Morgan fingerprint density at radius 3 is 2.61 bits per heavy atom. The van der Waals surface area contributed by atoms with Gasteiger partial charge in [-0.1, -0.05) is 31.7 Å². The lowest BCUT2D eigenvalue weighted by Crippen LogP contribution is -2.51. The third-order valence-corrected chi connectivity index (χ3v) is 7.47. The van der Waals surface area contributed by atoms with Crippen molar-refractivity contribution >= 4 is 16.8 Å². The van der Waals surface area contributed by atoms with Gasteiger partial charge in [-0.2, -0.15) is 0 Å². The first-order valence-corrected chi connectivity index (χ1v) is 13.8. The maximum Gasteiger partial charge on any atom is 0.273 e. The molecule has 1 aromatic carbocycles. The fourth-order valence-electron chi connectivity index (χ4n) is 5.65. The number of benzene rings is 1. The van der Waals surface area contributed by atoms with Crippen LogP contribution in [0.3, 0.4) is 0 Å². The first-order valence-electron chi connectivity index (χ1n) is 13.8. The Balaban J connectivity index is 1.60. The van der Waals surface area contributed by atoms with Crippen molar-refractivity contribution in [1.29, 1.82) is 0 Å². The highest BCUT2D eigenvalue weighted by Gasteiger charge is 2.30. The van der Waals surface area contributed by atoms with Crippen LogP contribution in [0.1, 0.15) is 75.7 Å². The van der Waals surface area contributed by atoms with E-state index in [0.717, 1.165) is 43.7 Å². The van der Waals surface area contributed by atoms with E-state index in [2.05, 4.69) is 19.2 Å². The Bertz CT molecular complexity index is 984. The molecule has 1 aromatic heterocycles. The van der Waals surface area contributed by atoms with Gasteiger partial charge in [0.05, 0.1) is 13.2 Å². The number of piperidine rings is 1. The summed E-state index contributed by atoms with van der Waals surface area (Å²) in [6.45, 7) is 7.48. The van der Waals surface area contributed by atoms with Gasteiger partial charge in [-0.05, 0) is 64.1 Å². The molecule has 1 atom stereocenters. The topological polar surface area (TPSA) is 72.9 Å². The predicted octanol–water partition coefficient (Wildman–Crippen LogP) is 5.21. The highest BCUT2D eigenvalue weighted by atomic mass is 16.5. The van der Waals surface area contributed by atoms with E-state index in [9.17, 15) is 4.79 Å². The van der Waals surface area contributed by atoms with Gasteiger partial charge in [-0.3, -0.25) is 4.79 Å². The number of ether oxygens (including phenoxy) is 3. The maximum atomic E-state index is 13.8. The zero-order valence-corrected chi connectivity index (χ0v) is 22.3. The van der Waals surface area contributed by atoms with Crippen molar-refractivity contribution < 1.29 is 19.0 Å². The molecule has 198 valence electrons. The standard InChI is InChI=1S/C29H43N3O4/c1-21(2)32(23-12-7-15-30-20-23)29(33)25-19-27(36-18-17-34-3)24-13-6-14-26(28(24)31-25)35-16-8-11-22-9-4-5-10-22/h6,13-14,19,21-23,30H,4-5,7-12,15-18,20H2,1-3H3/t23-/m1/s1. The fraction of sp³-hybridized carbons (Fsp3) is 0.655. The summed E-state index contributed by atoms with van der Waals surface area (Å²) in [5.74, 6) is 2.14. The quantitative estimate of drug-likeness (QED) is 0.406. The van der Waals surface area contributed by atoms with Crippen molar-refractivity contribution in [2.24, 2.45) is 5.92 Å². The second-order valence-electron chi connectivity index (χ2n) is 10.4. The second kappa shape index (κ2) is 13.2. The minimum Gasteiger partial charge on any atom is -0.491 e. The summed E-state index contributed by atoms with van der Waals surface area (Å²) < 4.78 is 17.5. The number of fused-ring (bicyclic) bond motifs is 1. The minimum absolute atomic E-state index is 0.0618. The highest BCUT2D eigenvalue weighted by molar-refractivity contribution is 5.98. The van der Waals surface area contributed by atoms with Crippen molar-refractivity contribution in [1.82, 2.24) is 15.2 Å². The Hall–Kier alpha value is -2.38. The largest absolute Gasteiger partial charge is 0.491 e. The van der Waals surface area contributed by atoms with Crippen LogP contribution in [0, 0.1) is 5.92 Å². The molecule has 7 nitrogen and oxygen atoms in total. The molecule has 1 aliphatic carbocycles. The minimum atomic E-state index is -0.0618. The van der Waals surface area contributed by atoms with Gasteiger partial charge in [0.15, 0.2) is 0 Å². The number of nitrogens with zero attached hydrogens (tertiary/aromatic N) is 2. The lowest BCUT2D eigenvalue weighted by Gasteiger charge is -2.37. The van der Waals surface area contributed by atoms with E-state index in [4.69, 9.17) is 19.2 Å². The van der Waals surface area contributed by atoms with Crippen molar-refractivity contribution in [3.8, 4) is 11.5 Å². The number of rotatable bonds is 12. The lowest BCUT2D eigenvalue weighted by atomic mass is 10.0. The molecule has 0 bridgehead atoms. The number of hydrogen-bond acceptors (Lipinski definition) is 6. The van der Waals surface area contributed by atoms with E-state index in [1.807, 2.05) is 23.1 Å². The first-order chi connectivity index (χ1) is 17.6. The van der Waals surface area contributed by atoms with Crippen LogP contribution in [0.2, 0.25) is 0 Å². The Labute approximate surface area is 215 Å². The Kier molecular flexibility index (Phi) is 9.82. The molecule has 0 radical (unpaired) electrons. The van der Waals surface area contributed by atoms with E-state index < -0.39 is 0 Å². The maximum absolute atomic E-state index is 13.8. The van der Waals surface area contributed by atoms with Gasteiger partial charge in [0.1, 0.15) is 29.3 Å². The van der Waals surface area contributed by atoms with E-state index in [0.29, 0.717) is 42.5 Å². The first kappa shape index (κ1) is 26.7. The molecule has 2 aromatic rings. The van der Waals surface area contributed by atoms with E-state index in [-0.39, 0.29) is 18.0 Å². The van der Waals surface area contributed by atoms with Crippen molar-refractivity contribution in [2.45, 2.75) is 77.3 Å². The molecule has 36 heavy (non-hydrogen) atoms. The van der Waals surface area contributed by atoms with Crippen LogP contribution >= 0.6 is 0 Å². The number of methoxy groups -OCH3 is 1. The number of nitrogens with one attached hydrogen (secondary N) is 1. The SMILES string of the molecule is COCCOc1cc(C(=O)N(C(C)C)[C@@H]2CCCNC2)nc2c(OCCCC3CCCC3)cccc12. The van der Waals surface area contributed by atoms with Gasteiger partial charge < -0.3 is 24.4 Å². The Morgan fingerprint density at radius 2 is 1.89 bits per heavy atom. The zero-order valence-electron chi connectivity index (χ0n) is 22.3. The molecular formula is C29H43N3O4. The average Bonchev–Trinajstić information content (AvgIpc) is 3.41. The van der Waals surface area contributed by atoms with Gasteiger partial charge in [0.2, 0.25) is 0 Å². The van der Waals surface area contributed by atoms with Crippen LogP contribution < -0.4 is 14.8 Å². The molecule has 7 heteroatoms. The smallest absolute Gasteiger partial charge is 0.273 e. The van der Waals surface area contributed by atoms with Gasteiger partial charge >= 0.3 is 0 Å². The summed E-state index contributed by atoms with van der Waals surface area (Å²) >= 11 is 0. The molecule has 2 fully saturated rings. The zero-order chi connectivity index (χ0) is 25.3. The Morgan fingerprint density at radius 1 is 1.08 bits per heavy atom. The number of pyridine rings is 1. The van der Waals surface area contributed by atoms with Crippen molar-refractivity contribution in [2.75, 3.05) is 40.0 Å². The highest BCUT2D eigenvalue weighted by Crippen LogP contribution is 2.33. The number of carbonyl (C=O) groups is 1. The summed E-state index contributed by atoms with van der Waals surface area (Å²) in [5.41, 5.74) is 1.08. The number of para-hydroxylation sites is 1. The van der Waals surface area contributed by atoms with Gasteiger partial charge in [0, 0.05) is 37.2 Å². The summed E-state index contributed by atoms with van der Waals surface area (Å²) in [6.07, 6.45) is 9.75. The van der Waals surface area contributed by atoms with E-state index >= 15 is 0 Å². The van der Waals surface area contributed by atoms with Crippen molar-refractivity contribution in [3.63, 3.8) is 0 Å². The normalized spacial score (nSPS) is 18.6. The van der Waals surface area contributed by atoms with Crippen LogP contribution in [-0.4, -0.2) is 67.9 Å². The van der Waals surface area contributed by atoms with Crippen LogP contribution in [0.4, 0.5) is 0 Å². The average molecular weight is 498 g/mol. The second-order valence-corrected chi connectivity index (χ2v) is 10.4. The lowest BCUT2D eigenvalue weighted by molar-refractivity contribution is 0.0567. The number of amides is 1. The molecule has 1 aliphatic heterocycles. The molecule has 2 aliphatic rings. The van der Waals surface area contributed by atoms with Crippen LogP contribution in [0.25, 0.3) is 10.9 Å². The number of aromatic nitrogens is 1. The monoisotopic (exact) mass is 497 g/mol. The molecule has 4 rings (SSSR count). The molecular weight excluding hydrogens is 454 g/mol.